The van der Waals surface area contributed by atoms with Crippen molar-refractivity contribution >= 4 is 28.4 Å². The molecule has 1 N–H and O–H groups in total. The van der Waals surface area contributed by atoms with Crippen LogP contribution >= 0.6 is 22.6 Å². The summed E-state index contributed by atoms with van der Waals surface area (Å²) < 4.78 is 9.24. The SMILES string of the molecule is Ic1ccc(-c2nn(-c3ccc(OCc4ccccc4)cc3)c3c2CCCCN3)cc1. The Labute approximate surface area is 196 Å². The normalized spacial score (nSPS) is 13.2. The highest BCUT2D eigenvalue weighted by Gasteiger charge is 2.21. The van der Waals surface area contributed by atoms with E-state index in [1.165, 1.54) is 27.5 Å². The molecule has 5 rings (SSSR count). The molecule has 1 aliphatic heterocycles. The summed E-state index contributed by atoms with van der Waals surface area (Å²) >= 11 is 2.34. The lowest BCUT2D eigenvalue weighted by atomic mass is 10.0. The molecule has 156 valence electrons. The average Bonchev–Trinajstić information content (AvgIpc) is 3.00. The maximum Gasteiger partial charge on any atom is 0.133 e. The van der Waals surface area contributed by atoms with E-state index in [9.17, 15) is 0 Å². The molecule has 0 saturated heterocycles. The first-order chi connectivity index (χ1) is 15.3. The smallest absolute Gasteiger partial charge is 0.133 e. The van der Waals surface area contributed by atoms with E-state index in [1.54, 1.807) is 0 Å². The zero-order valence-electron chi connectivity index (χ0n) is 17.2. The molecule has 0 spiro atoms. The molecule has 0 saturated carbocycles. The van der Waals surface area contributed by atoms with Crippen LogP contribution < -0.4 is 10.1 Å². The predicted octanol–water partition coefficient (Wildman–Crippen LogP) is 6.47. The van der Waals surface area contributed by atoms with E-state index >= 15 is 0 Å². The molecular formula is C26H24IN3O. The zero-order valence-corrected chi connectivity index (χ0v) is 19.4. The summed E-state index contributed by atoms with van der Waals surface area (Å²) in [6, 6.07) is 27.1. The number of benzene rings is 3. The number of hydrogen-bond acceptors (Lipinski definition) is 3. The Morgan fingerprint density at radius 2 is 1.68 bits per heavy atom. The number of halogens is 1. The Morgan fingerprint density at radius 1 is 0.903 bits per heavy atom. The highest BCUT2D eigenvalue weighted by atomic mass is 127. The molecule has 2 heterocycles. The summed E-state index contributed by atoms with van der Waals surface area (Å²) in [5, 5.41) is 8.66. The topological polar surface area (TPSA) is 39.1 Å². The number of nitrogens with zero attached hydrogens (tertiary/aromatic N) is 2. The monoisotopic (exact) mass is 521 g/mol. The first-order valence-electron chi connectivity index (χ1n) is 10.7. The van der Waals surface area contributed by atoms with Crippen molar-refractivity contribution in [3.05, 3.63) is 93.6 Å². The molecule has 31 heavy (non-hydrogen) atoms. The van der Waals surface area contributed by atoms with Crippen molar-refractivity contribution in [1.29, 1.82) is 0 Å². The Balaban J connectivity index is 1.44. The Kier molecular flexibility index (Phi) is 5.93. The molecule has 0 aliphatic carbocycles. The summed E-state index contributed by atoms with van der Waals surface area (Å²) in [6.07, 6.45) is 3.39. The lowest BCUT2D eigenvalue weighted by molar-refractivity contribution is 0.306. The molecule has 0 bridgehead atoms. The number of nitrogens with one attached hydrogen (secondary N) is 1. The minimum atomic E-state index is 0.565. The summed E-state index contributed by atoms with van der Waals surface area (Å²) in [4.78, 5) is 0. The van der Waals surface area contributed by atoms with E-state index in [-0.39, 0.29) is 0 Å². The van der Waals surface area contributed by atoms with Crippen LogP contribution in [-0.4, -0.2) is 16.3 Å². The number of aromatic nitrogens is 2. The largest absolute Gasteiger partial charge is 0.489 e. The standard InChI is InChI=1S/C26H24IN3O/c27-21-11-9-20(10-12-21)25-24-8-4-5-17-28-26(24)30(29-25)22-13-15-23(16-14-22)31-18-19-6-2-1-3-7-19/h1-3,6-7,9-16,28H,4-5,8,17-18H2. The van der Waals surface area contributed by atoms with Crippen molar-refractivity contribution in [2.75, 3.05) is 11.9 Å². The lowest BCUT2D eigenvalue weighted by Crippen LogP contribution is -2.07. The van der Waals surface area contributed by atoms with E-state index in [0.717, 1.165) is 41.5 Å². The van der Waals surface area contributed by atoms with Crippen LogP contribution in [0.2, 0.25) is 0 Å². The minimum absolute atomic E-state index is 0.565. The van der Waals surface area contributed by atoms with Crippen LogP contribution in [0.3, 0.4) is 0 Å². The second kappa shape index (κ2) is 9.14. The molecule has 4 aromatic rings. The van der Waals surface area contributed by atoms with Crippen molar-refractivity contribution in [3.63, 3.8) is 0 Å². The van der Waals surface area contributed by atoms with Crippen molar-refractivity contribution in [2.24, 2.45) is 0 Å². The number of hydrogen-bond donors (Lipinski definition) is 1. The lowest BCUT2D eigenvalue weighted by Gasteiger charge is -2.11. The van der Waals surface area contributed by atoms with Crippen LogP contribution in [0, 0.1) is 3.57 Å². The first kappa shape index (κ1) is 20.1. The number of rotatable bonds is 5. The second-order valence-corrected chi connectivity index (χ2v) is 8.99. The molecule has 3 aromatic carbocycles. The number of anilines is 1. The van der Waals surface area contributed by atoms with Crippen LogP contribution in [0.5, 0.6) is 5.75 Å². The molecule has 0 atom stereocenters. The van der Waals surface area contributed by atoms with E-state index in [4.69, 9.17) is 9.84 Å². The summed E-state index contributed by atoms with van der Waals surface area (Å²) in [6.45, 7) is 1.54. The number of fused-ring (bicyclic) bond motifs is 1. The maximum absolute atomic E-state index is 5.96. The van der Waals surface area contributed by atoms with Crippen molar-refractivity contribution in [1.82, 2.24) is 9.78 Å². The van der Waals surface area contributed by atoms with Crippen molar-refractivity contribution in [3.8, 4) is 22.7 Å². The number of ether oxygens (including phenoxy) is 1. The van der Waals surface area contributed by atoms with Crippen molar-refractivity contribution in [2.45, 2.75) is 25.9 Å². The fourth-order valence-corrected chi connectivity index (χ4v) is 4.31. The predicted molar refractivity (Wildman–Crippen MR) is 134 cm³/mol. The average molecular weight is 521 g/mol. The van der Waals surface area contributed by atoms with Gasteiger partial charge in [-0.25, -0.2) is 4.68 Å². The Hall–Kier alpha value is -2.80. The van der Waals surface area contributed by atoms with Gasteiger partial charge >= 0.3 is 0 Å². The maximum atomic E-state index is 5.96. The molecule has 1 aromatic heterocycles. The van der Waals surface area contributed by atoms with Gasteiger partial charge in [0, 0.05) is 21.2 Å². The molecular weight excluding hydrogens is 497 g/mol. The van der Waals surface area contributed by atoms with Gasteiger partial charge in [-0.05, 0) is 83.8 Å². The minimum Gasteiger partial charge on any atom is -0.489 e. The van der Waals surface area contributed by atoms with E-state index < -0.39 is 0 Å². The van der Waals surface area contributed by atoms with Gasteiger partial charge in [0.1, 0.15) is 18.2 Å². The van der Waals surface area contributed by atoms with E-state index in [1.807, 2.05) is 30.3 Å². The van der Waals surface area contributed by atoms with Gasteiger partial charge in [0.25, 0.3) is 0 Å². The van der Waals surface area contributed by atoms with Crippen LogP contribution in [-0.2, 0) is 13.0 Å². The quantitative estimate of drug-likeness (QED) is 0.306. The fourth-order valence-electron chi connectivity index (χ4n) is 3.95. The molecule has 5 heteroatoms. The molecule has 4 nitrogen and oxygen atoms in total. The summed E-state index contributed by atoms with van der Waals surface area (Å²) in [5.74, 6) is 1.97. The molecule has 0 amide bonds. The van der Waals surface area contributed by atoms with Gasteiger partial charge in [0.2, 0.25) is 0 Å². The Bertz CT molecular complexity index is 1150. The third-order valence-electron chi connectivity index (χ3n) is 5.58. The van der Waals surface area contributed by atoms with Crippen molar-refractivity contribution < 1.29 is 4.74 Å². The van der Waals surface area contributed by atoms with Crippen LogP contribution in [0.15, 0.2) is 78.9 Å². The Morgan fingerprint density at radius 3 is 2.45 bits per heavy atom. The molecule has 0 radical (unpaired) electrons. The van der Waals surface area contributed by atoms with E-state index in [2.05, 4.69) is 81.1 Å². The third-order valence-corrected chi connectivity index (χ3v) is 6.30. The van der Waals surface area contributed by atoms with Crippen LogP contribution in [0.25, 0.3) is 16.9 Å². The summed E-state index contributed by atoms with van der Waals surface area (Å²) in [5.41, 5.74) is 5.75. The first-order valence-corrected chi connectivity index (χ1v) is 11.7. The van der Waals surface area contributed by atoms with Crippen LogP contribution in [0.1, 0.15) is 24.0 Å². The highest BCUT2D eigenvalue weighted by molar-refractivity contribution is 14.1. The molecule has 1 aliphatic rings. The van der Waals surface area contributed by atoms with Gasteiger partial charge < -0.3 is 10.1 Å². The van der Waals surface area contributed by atoms with Gasteiger partial charge in [0.05, 0.1) is 11.4 Å². The molecule has 0 unspecified atom stereocenters. The van der Waals surface area contributed by atoms with E-state index in [0.29, 0.717) is 6.61 Å². The van der Waals surface area contributed by atoms with Gasteiger partial charge in [-0.15, -0.1) is 0 Å². The third kappa shape index (κ3) is 4.46. The summed E-state index contributed by atoms with van der Waals surface area (Å²) in [7, 11) is 0. The fraction of sp³-hybridized carbons (Fsp3) is 0.192. The van der Waals surface area contributed by atoms with Gasteiger partial charge in [-0.3, -0.25) is 0 Å². The van der Waals surface area contributed by atoms with Gasteiger partial charge in [-0.2, -0.15) is 5.10 Å². The highest BCUT2D eigenvalue weighted by Crippen LogP contribution is 2.34. The van der Waals surface area contributed by atoms with Gasteiger partial charge in [0.15, 0.2) is 0 Å². The second-order valence-electron chi connectivity index (χ2n) is 7.75. The zero-order chi connectivity index (χ0) is 21.0. The van der Waals surface area contributed by atoms with Crippen LogP contribution in [0.4, 0.5) is 5.82 Å². The molecule has 0 fully saturated rings. The van der Waals surface area contributed by atoms with Gasteiger partial charge in [-0.1, -0.05) is 42.5 Å².